The number of carbonyl (C=O) groups is 1. The van der Waals surface area contributed by atoms with Crippen molar-refractivity contribution >= 4 is 33.3 Å². The quantitative estimate of drug-likeness (QED) is 0.812. The Morgan fingerprint density at radius 3 is 2.62 bits per heavy atom. The molecule has 0 aromatic heterocycles. The Balaban J connectivity index is 2.47. The van der Waals surface area contributed by atoms with Gasteiger partial charge < -0.3 is 9.84 Å². The molecule has 0 bridgehead atoms. The van der Waals surface area contributed by atoms with Gasteiger partial charge in [0.1, 0.15) is 16.5 Å². The highest BCUT2D eigenvalue weighted by Crippen LogP contribution is 2.29. The van der Waals surface area contributed by atoms with Crippen molar-refractivity contribution in [1.82, 2.24) is 0 Å². The van der Waals surface area contributed by atoms with Gasteiger partial charge >= 0.3 is 5.97 Å². The van der Waals surface area contributed by atoms with Gasteiger partial charge in [0.05, 0.1) is 19.2 Å². The van der Waals surface area contributed by atoms with Crippen molar-refractivity contribution in [3.63, 3.8) is 0 Å². The van der Waals surface area contributed by atoms with Crippen LogP contribution in [0, 0.1) is 5.82 Å². The Hall–Kier alpha value is -2.32. The average Bonchev–Trinajstić information content (AvgIpc) is 2.50. The standard InChI is InChI=1S/C15H13ClFNO5S/c1-23-13-5-2-9(7-15(19)20)6-14(13)24(21,22)18-12-8-10(16)3-4-11(12)17/h2-6,8,18H,7H2,1H3,(H,19,20). The Morgan fingerprint density at radius 1 is 1.29 bits per heavy atom. The molecule has 6 nitrogen and oxygen atoms in total. The fourth-order valence-corrected chi connectivity index (χ4v) is 3.44. The first-order chi connectivity index (χ1) is 11.2. The molecule has 0 fully saturated rings. The molecule has 0 heterocycles. The van der Waals surface area contributed by atoms with Gasteiger partial charge in [-0.3, -0.25) is 9.52 Å². The molecule has 9 heteroatoms. The molecule has 128 valence electrons. The second-order valence-corrected chi connectivity index (χ2v) is 6.87. The molecule has 0 saturated carbocycles. The third kappa shape index (κ3) is 4.15. The van der Waals surface area contributed by atoms with Crippen LogP contribution < -0.4 is 9.46 Å². The number of ether oxygens (including phenoxy) is 1. The zero-order valence-corrected chi connectivity index (χ0v) is 14.0. The molecule has 0 spiro atoms. The monoisotopic (exact) mass is 373 g/mol. The molecule has 0 unspecified atom stereocenters. The number of halogens is 2. The Morgan fingerprint density at radius 2 is 2.00 bits per heavy atom. The number of carboxylic acids is 1. The van der Waals surface area contributed by atoms with Gasteiger partial charge in [0.15, 0.2) is 0 Å². The average molecular weight is 374 g/mol. The number of hydrogen-bond acceptors (Lipinski definition) is 4. The van der Waals surface area contributed by atoms with Crippen LogP contribution in [0.2, 0.25) is 5.02 Å². The van der Waals surface area contributed by atoms with Crippen molar-refractivity contribution in [1.29, 1.82) is 0 Å². The number of anilines is 1. The normalized spacial score (nSPS) is 11.1. The molecule has 0 aliphatic carbocycles. The van der Waals surface area contributed by atoms with E-state index >= 15 is 0 Å². The van der Waals surface area contributed by atoms with E-state index in [4.69, 9.17) is 21.4 Å². The maximum Gasteiger partial charge on any atom is 0.307 e. The van der Waals surface area contributed by atoms with E-state index in [1.165, 1.54) is 25.3 Å². The highest BCUT2D eigenvalue weighted by atomic mass is 35.5. The van der Waals surface area contributed by atoms with E-state index < -0.39 is 21.8 Å². The first-order valence-electron chi connectivity index (χ1n) is 6.59. The second-order valence-electron chi connectivity index (χ2n) is 4.79. The summed E-state index contributed by atoms with van der Waals surface area (Å²) in [6.07, 6.45) is -0.363. The summed E-state index contributed by atoms with van der Waals surface area (Å²) >= 11 is 5.74. The lowest BCUT2D eigenvalue weighted by molar-refractivity contribution is -0.136. The lowest BCUT2D eigenvalue weighted by atomic mass is 10.1. The number of rotatable bonds is 6. The fourth-order valence-electron chi connectivity index (χ4n) is 1.99. The zero-order chi connectivity index (χ0) is 17.9. The van der Waals surface area contributed by atoms with Gasteiger partial charge in [-0.25, -0.2) is 12.8 Å². The summed E-state index contributed by atoms with van der Waals surface area (Å²) < 4.78 is 45.9. The molecule has 0 atom stereocenters. The number of hydrogen-bond donors (Lipinski definition) is 2. The number of sulfonamides is 1. The van der Waals surface area contributed by atoms with Crippen molar-refractivity contribution in [3.05, 3.63) is 52.8 Å². The zero-order valence-electron chi connectivity index (χ0n) is 12.4. The van der Waals surface area contributed by atoms with Crippen molar-refractivity contribution in [2.45, 2.75) is 11.3 Å². The number of carboxylic acid groups (broad SMARTS) is 1. The number of aliphatic carboxylic acids is 1. The first-order valence-corrected chi connectivity index (χ1v) is 8.45. The van der Waals surface area contributed by atoms with Gasteiger partial charge in [-0.15, -0.1) is 0 Å². The predicted molar refractivity (Wildman–Crippen MR) is 86.6 cm³/mol. The molecule has 0 aliphatic heterocycles. The maximum atomic E-state index is 13.8. The molecule has 0 aliphatic rings. The van der Waals surface area contributed by atoms with E-state index in [1.807, 2.05) is 0 Å². The number of methoxy groups -OCH3 is 1. The fraction of sp³-hybridized carbons (Fsp3) is 0.133. The van der Waals surface area contributed by atoms with E-state index in [-0.39, 0.29) is 33.3 Å². The lowest BCUT2D eigenvalue weighted by Crippen LogP contribution is -2.15. The number of nitrogens with one attached hydrogen (secondary N) is 1. The summed E-state index contributed by atoms with van der Waals surface area (Å²) in [6, 6.07) is 7.37. The van der Waals surface area contributed by atoms with Gasteiger partial charge in [0, 0.05) is 5.02 Å². The summed E-state index contributed by atoms with van der Waals surface area (Å²) in [4.78, 5) is 10.5. The van der Waals surface area contributed by atoms with Crippen LogP contribution in [0.5, 0.6) is 5.75 Å². The molecule has 0 saturated heterocycles. The van der Waals surface area contributed by atoms with Crippen LogP contribution >= 0.6 is 11.6 Å². The molecule has 0 amide bonds. The van der Waals surface area contributed by atoms with Crippen LogP contribution in [0.25, 0.3) is 0 Å². The summed E-state index contributed by atoms with van der Waals surface area (Å²) in [5.74, 6) is -1.92. The highest BCUT2D eigenvalue weighted by molar-refractivity contribution is 7.92. The number of benzene rings is 2. The minimum absolute atomic E-state index is 0.000856. The van der Waals surface area contributed by atoms with Gasteiger partial charge in [0.2, 0.25) is 0 Å². The molecule has 2 aromatic carbocycles. The minimum atomic E-state index is -4.22. The van der Waals surface area contributed by atoms with Crippen LogP contribution in [0.15, 0.2) is 41.3 Å². The lowest BCUT2D eigenvalue weighted by Gasteiger charge is -2.13. The van der Waals surface area contributed by atoms with E-state index in [1.54, 1.807) is 0 Å². The van der Waals surface area contributed by atoms with E-state index in [0.717, 1.165) is 18.2 Å². The predicted octanol–water partition coefficient (Wildman–Crippen LogP) is 2.92. The summed E-state index contributed by atoms with van der Waals surface area (Å²) in [7, 11) is -2.95. The van der Waals surface area contributed by atoms with Gasteiger partial charge in [-0.05, 0) is 35.9 Å². The Kier molecular flexibility index (Phi) is 5.30. The van der Waals surface area contributed by atoms with E-state index in [9.17, 15) is 17.6 Å². The first kappa shape index (κ1) is 18.0. The second kappa shape index (κ2) is 7.06. The Bertz CT molecular complexity index is 885. The molecule has 0 radical (unpaired) electrons. The highest BCUT2D eigenvalue weighted by Gasteiger charge is 2.22. The Labute approximate surface area is 142 Å². The van der Waals surface area contributed by atoms with Crippen molar-refractivity contribution in [3.8, 4) is 5.75 Å². The third-order valence-corrected chi connectivity index (χ3v) is 4.67. The van der Waals surface area contributed by atoms with Gasteiger partial charge in [-0.1, -0.05) is 17.7 Å². The summed E-state index contributed by atoms with van der Waals surface area (Å²) in [5, 5.41) is 8.98. The largest absolute Gasteiger partial charge is 0.495 e. The van der Waals surface area contributed by atoms with Crippen molar-refractivity contribution in [2.24, 2.45) is 0 Å². The van der Waals surface area contributed by atoms with E-state index in [0.29, 0.717) is 0 Å². The molecular weight excluding hydrogens is 361 g/mol. The maximum absolute atomic E-state index is 13.8. The topological polar surface area (TPSA) is 92.7 Å². The van der Waals surface area contributed by atoms with Crippen LogP contribution in [0.1, 0.15) is 5.56 Å². The van der Waals surface area contributed by atoms with Gasteiger partial charge in [-0.2, -0.15) is 0 Å². The minimum Gasteiger partial charge on any atom is -0.495 e. The van der Waals surface area contributed by atoms with Crippen molar-refractivity contribution in [2.75, 3.05) is 11.8 Å². The molecular formula is C15H13ClFNO5S. The smallest absolute Gasteiger partial charge is 0.307 e. The molecule has 2 N–H and O–H groups in total. The molecule has 2 rings (SSSR count). The summed E-state index contributed by atoms with van der Waals surface area (Å²) in [6.45, 7) is 0. The van der Waals surface area contributed by atoms with Gasteiger partial charge in [0.25, 0.3) is 10.0 Å². The van der Waals surface area contributed by atoms with Crippen LogP contribution in [0.4, 0.5) is 10.1 Å². The van der Waals surface area contributed by atoms with Crippen LogP contribution in [0.3, 0.4) is 0 Å². The SMILES string of the molecule is COc1ccc(CC(=O)O)cc1S(=O)(=O)Nc1cc(Cl)ccc1F. The van der Waals surface area contributed by atoms with E-state index in [2.05, 4.69) is 4.72 Å². The van der Waals surface area contributed by atoms with Crippen LogP contribution in [-0.2, 0) is 21.2 Å². The van der Waals surface area contributed by atoms with Crippen molar-refractivity contribution < 1.29 is 27.4 Å². The molecule has 24 heavy (non-hydrogen) atoms. The summed E-state index contributed by atoms with van der Waals surface area (Å²) in [5.41, 5.74) is -0.0663. The third-order valence-electron chi connectivity index (χ3n) is 3.05. The van der Waals surface area contributed by atoms with Crippen LogP contribution in [-0.4, -0.2) is 26.6 Å². The molecule has 2 aromatic rings.